The number of alkyl halides is 3. The predicted molar refractivity (Wildman–Crippen MR) is 78.9 cm³/mol. The third kappa shape index (κ3) is 2.37. The van der Waals surface area contributed by atoms with Crippen molar-refractivity contribution in [2.24, 2.45) is 0 Å². The molecule has 3 rings (SSSR count). The maximum atomic E-state index is 13.1. The molecule has 0 radical (unpaired) electrons. The van der Waals surface area contributed by atoms with Gasteiger partial charge in [-0.2, -0.15) is 13.2 Å². The number of rotatable bonds is 1. The summed E-state index contributed by atoms with van der Waals surface area (Å²) in [5.41, 5.74) is -0.801. The lowest BCUT2D eigenvalue weighted by molar-refractivity contribution is -0.137. The van der Waals surface area contributed by atoms with Crippen molar-refractivity contribution in [2.45, 2.75) is 6.18 Å². The largest absolute Gasteiger partial charge is 0.505 e. The number of halogens is 4. The molecule has 2 aromatic carbocycles. The van der Waals surface area contributed by atoms with Crippen molar-refractivity contribution < 1.29 is 18.3 Å². The van der Waals surface area contributed by atoms with Crippen molar-refractivity contribution in [1.82, 2.24) is 4.98 Å². The van der Waals surface area contributed by atoms with E-state index in [1.807, 2.05) is 0 Å². The standard InChI is InChI=1S/C16H9ClF3NO/c17-13-8-11(15(22)14-10(13)5-3-7-21-14)9-4-1-2-6-12(9)16(18,19)20/h1-8,22H. The molecule has 0 aliphatic heterocycles. The zero-order chi connectivity index (χ0) is 15.9. The van der Waals surface area contributed by atoms with E-state index in [2.05, 4.69) is 4.98 Å². The molecule has 0 spiro atoms. The molecular formula is C16H9ClF3NO. The third-order valence-electron chi connectivity index (χ3n) is 3.34. The average Bonchev–Trinajstić information content (AvgIpc) is 2.50. The Morgan fingerprint density at radius 1 is 1.00 bits per heavy atom. The van der Waals surface area contributed by atoms with Gasteiger partial charge in [0.05, 0.1) is 10.6 Å². The lowest BCUT2D eigenvalue weighted by atomic mass is 9.97. The minimum absolute atomic E-state index is 0.00382. The molecule has 1 aromatic heterocycles. The van der Waals surface area contributed by atoms with Crippen LogP contribution in [0.25, 0.3) is 22.0 Å². The highest BCUT2D eigenvalue weighted by atomic mass is 35.5. The van der Waals surface area contributed by atoms with Crippen LogP contribution in [0.4, 0.5) is 13.2 Å². The van der Waals surface area contributed by atoms with E-state index in [9.17, 15) is 18.3 Å². The van der Waals surface area contributed by atoms with Gasteiger partial charge in [-0.25, -0.2) is 0 Å². The van der Waals surface area contributed by atoms with Crippen LogP contribution in [0, 0.1) is 0 Å². The highest BCUT2D eigenvalue weighted by Gasteiger charge is 2.34. The molecule has 0 unspecified atom stereocenters. The minimum atomic E-state index is -4.53. The summed E-state index contributed by atoms with van der Waals surface area (Å²) >= 11 is 6.12. The molecule has 0 aliphatic rings. The molecule has 0 amide bonds. The number of phenols is 1. The molecule has 1 N–H and O–H groups in total. The topological polar surface area (TPSA) is 33.1 Å². The molecule has 1 heterocycles. The maximum absolute atomic E-state index is 13.1. The molecule has 3 aromatic rings. The lowest BCUT2D eigenvalue weighted by Gasteiger charge is -2.15. The van der Waals surface area contributed by atoms with E-state index in [0.717, 1.165) is 6.07 Å². The summed E-state index contributed by atoms with van der Waals surface area (Å²) in [5, 5.41) is 11.0. The third-order valence-corrected chi connectivity index (χ3v) is 3.65. The number of pyridine rings is 1. The summed E-state index contributed by atoms with van der Waals surface area (Å²) in [5.74, 6) is -0.322. The SMILES string of the molecule is Oc1c(-c2ccccc2C(F)(F)F)cc(Cl)c2cccnc12. The smallest absolute Gasteiger partial charge is 0.417 e. The van der Waals surface area contributed by atoms with Crippen LogP contribution in [0.15, 0.2) is 48.7 Å². The van der Waals surface area contributed by atoms with Crippen molar-refractivity contribution in [3.8, 4) is 16.9 Å². The quantitative estimate of drug-likeness (QED) is 0.661. The van der Waals surface area contributed by atoms with Crippen molar-refractivity contribution in [3.63, 3.8) is 0 Å². The number of aromatic hydroxyl groups is 1. The van der Waals surface area contributed by atoms with Crippen LogP contribution in [0.1, 0.15) is 5.56 Å². The molecule has 0 atom stereocenters. The van der Waals surface area contributed by atoms with Gasteiger partial charge in [0.25, 0.3) is 0 Å². The molecule has 0 aliphatic carbocycles. The predicted octanol–water partition coefficient (Wildman–Crippen LogP) is 5.28. The van der Waals surface area contributed by atoms with Crippen molar-refractivity contribution in [3.05, 3.63) is 59.2 Å². The van der Waals surface area contributed by atoms with E-state index in [1.54, 1.807) is 12.1 Å². The van der Waals surface area contributed by atoms with Crippen LogP contribution in [0.3, 0.4) is 0 Å². The fourth-order valence-corrected chi connectivity index (χ4v) is 2.62. The zero-order valence-electron chi connectivity index (χ0n) is 11.0. The Balaban J connectivity index is 2.35. The normalized spacial score (nSPS) is 11.8. The second-order valence-electron chi connectivity index (χ2n) is 4.70. The van der Waals surface area contributed by atoms with Gasteiger partial charge < -0.3 is 5.11 Å². The molecule has 0 saturated carbocycles. The van der Waals surface area contributed by atoms with Gasteiger partial charge in [-0.15, -0.1) is 0 Å². The number of fused-ring (bicyclic) bond motifs is 1. The van der Waals surface area contributed by atoms with Crippen LogP contribution in [-0.4, -0.2) is 10.1 Å². The van der Waals surface area contributed by atoms with Gasteiger partial charge in [0, 0.05) is 17.1 Å². The molecular weight excluding hydrogens is 315 g/mol. The number of aromatic nitrogens is 1. The van der Waals surface area contributed by atoms with Gasteiger partial charge in [0.2, 0.25) is 0 Å². The molecule has 0 bridgehead atoms. The first-order chi connectivity index (χ1) is 10.4. The van der Waals surface area contributed by atoms with Gasteiger partial charge in [-0.05, 0) is 29.8 Å². The highest BCUT2D eigenvalue weighted by Crippen LogP contribution is 2.43. The summed E-state index contributed by atoms with van der Waals surface area (Å²) in [6.45, 7) is 0. The molecule has 6 heteroatoms. The molecule has 112 valence electrons. The van der Waals surface area contributed by atoms with Crippen LogP contribution in [0.2, 0.25) is 5.02 Å². The van der Waals surface area contributed by atoms with Crippen molar-refractivity contribution in [1.29, 1.82) is 0 Å². The van der Waals surface area contributed by atoms with Gasteiger partial charge in [0.1, 0.15) is 11.3 Å². The molecule has 22 heavy (non-hydrogen) atoms. The first kappa shape index (κ1) is 14.7. The lowest BCUT2D eigenvalue weighted by Crippen LogP contribution is -2.07. The summed E-state index contributed by atoms with van der Waals surface area (Å²) in [4.78, 5) is 4.00. The molecule has 0 saturated heterocycles. The van der Waals surface area contributed by atoms with Gasteiger partial charge in [-0.3, -0.25) is 4.98 Å². The van der Waals surface area contributed by atoms with Crippen molar-refractivity contribution in [2.75, 3.05) is 0 Å². The van der Waals surface area contributed by atoms with Gasteiger partial charge in [-0.1, -0.05) is 29.8 Å². The Hall–Kier alpha value is -2.27. The summed E-state index contributed by atoms with van der Waals surface area (Å²) in [6, 6.07) is 9.63. The van der Waals surface area contributed by atoms with Gasteiger partial charge in [0.15, 0.2) is 0 Å². The average molecular weight is 324 g/mol. The van der Waals surface area contributed by atoms with Crippen molar-refractivity contribution >= 4 is 22.5 Å². The first-order valence-electron chi connectivity index (χ1n) is 6.32. The van der Waals surface area contributed by atoms with Crippen LogP contribution >= 0.6 is 11.6 Å². The number of hydrogen-bond donors (Lipinski definition) is 1. The monoisotopic (exact) mass is 323 g/mol. The van der Waals surface area contributed by atoms with Crippen LogP contribution in [-0.2, 0) is 6.18 Å². The van der Waals surface area contributed by atoms with Crippen LogP contribution < -0.4 is 0 Å². The number of nitrogens with zero attached hydrogens (tertiary/aromatic N) is 1. The Morgan fingerprint density at radius 2 is 1.73 bits per heavy atom. The zero-order valence-corrected chi connectivity index (χ0v) is 11.8. The first-order valence-corrected chi connectivity index (χ1v) is 6.70. The minimum Gasteiger partial charge on any atom is -0.505 e. The molecule has 2 nitrogen and oxygen atoms in total. The highest BCUT2D eigenvalue weighted by molar-refractivity contribution is 6.36. The fourth-order valence-electron chi connectivity index (χ4n) is 2.36. The summed E-state index contributed by atoms with van der Waals surface area (Å²) in [6.07, 6.45) is -3.09. The van der Waals surface area contributed by atoms with Gasteiger partial charge >= 0.3 is 6.18 Å². The Kier molecular flexibility index (Phi) is 3.45. The Labute approximate surface area is 128 Å². The Bertz CT molecular complexity index is 862. The summed E-state index contributed by atoms with van der Waals surface area (Å²) in [7, 11) is 0. The second kappa shape index (κ2) is 5.18. The number of benzene rings is 2. The van der Waals surface area contributed by atoms with Crippen LogP contribution in [0.5, 0.6) is 5.75 Å². The van der Waals surface area contributed by atoms with E-state index in [0.29, 0.717) is 5.39 Å². The number of phenolic OH excluding ortho intramolecular Hbond substituents is 1. The van der Waals surface area contributed by atoms with E-state index >= 15 is 0 Å². The Morgan fingerprint density at radius 3 is 2.45 bits per heavy atom. The maximum Gasteiger partial charge on any atom is 0.417 e. The molecule has 0 fully saturated rings. The van der Waals surface area contributed by atoms with E-state index < -0.39 is 11.7 Å². The summed E-state index contributed by atoms with van der Waals surface area (Å²) < 4.78 is 39.4. The second-order valence-corrected chi connectivity index (χ2v) is 5.10. The number of hydrogen-bond acceptors (Lipinski definition) is 2. The van der Waals surface area contributed by atoms with E-state index in [4.69, 9.17) is 11.6 Å². The fraction of sp³-hybridized carbons (Fsp3) is 0.0625. The van der Waals surface area contributed by atoms with E-state index in [-0.39, 0.29) is 27.4 Å². The van der Waals surface area contributed by atoms with E-state index in [1.165, 1.54) is 30.5 Å².